The molecule has 116 valence electrons. The summed E-state index contributed by atoms with van der Waals surface area (Å²) in [6.45, 7) is 2.39. The van der Waals surface area contributed by atoms with E-state index >= 15 is 0 Å². The molecule has 3 rings (SSSR count). The van der Waals surface area contributed by atoms with E-state index in [0.29, 0.717) is 13.0 Å². The molecule has 0 spiro atoms. The number of nitrogens with one attached hydrogen (secondary N) is 1. The Morgan fingerprint density at radius 3 is 2.50 bits per heavy atom. The zero-order valence-electron chi connectivity index (χ0n) is 12.6. The monoisotopic (exact) mass is 301 g/mol. The van der Waals surface area contributed by atoms with E-state index in [9.17, 15) is 9.59 Å². The van der Waals surface area contributed by atoms with E-state index in [4.69, 9.17) is 5.11 Å². The molecule has 1 aromatic carbocycles. The van der Waals surface area contributed by atoms with E-state index in [1.807, 2.05) is 31.2 Å². The Morgan fingerprint density at radius 1 is 1.32 bits per heavy atom. The topological polar surface area (TPSA) is 76.3 Å². The Hall–Kier alpha value is -2.34. The van der Waals surface area contributed by atoms with Crippen LogP contribution in [0.15, 0.2) is 35.3 Å². The van der Waals surface area contributed by atoms with Crippen LogP contribution < -0.4 is 11.0 Å². The summed E-state index contributed by atoms with van der Waals surface area (Å²) in [5.41, 5.74) is 2.68. The molecule has 0 bridgehead atoms. The number of aromatic nitrogens is 2. The van der Waals surface area contributed by atoms with Gasteiger partial charge in [-0.15, -0.1) is 0 Å². The number of aliphatic carboxylic acids is 1. The largest absolute Gasteiger partial charge is 0.481 e. The summed E-state index contributed by atoms with van der Waals surface area (Å²) >= 11 is 0. The number of benzene rings is 1. The second-order valence-corrected chi connectivity index (χ2v) is 5.82. The Balaban J connectivity index is 1.85. The highest BCUT2D eigenvalue weighted by Gasteiger charge is 2.29. The van der Waals surface area contributed by atoms with Crippen molar-refractivity contribution in [2.75, 3.05) is 6.54 Å². The minimum atomic E-state index is -0.752. The van der Waals surface area contributed by atoms with E-state index in [-0.39, 0.29) is 17.6 Å². The summed E-state index contributed by atoms with van der Waals surface area (Å²) in [6, 6.07) is 7.77. The van der Waals surface area contributed by atoms with Gasteiger partial charge in [-0.1, -0.05) is 12.1 Å². The number of carboxylic acid groups (broad SMARTS) is 1. The number of nitrogens with zero attached hydrogens (tertiary/aromatic N) is 2. The van der Waals surface area contributed by atoms with Crippen LogP contribution in [-0.2, 0) is 11.8 Å². The first-order valence-corrected chi connectivity index (χ1v) is 7.29. The molecule has 2 heterocycles. The predicted octanol–water partition coefficient (Wildman–Crippen LogP) is 1.22. The molecule has 0 amide bonds. The van der Waals surface area contributed by atoms with Gasteiger partial charge in [0.05, 0.1) is 11.6 Å². The van der Waals surface area contributed by atoms with Crippen molar-refractivity contribution < 1.29 is 9.90 Å². The van der Waals surface area contributed by atoms with Gasteiger partial charge in [-0.2, -0.15) is 0 Å². The summed E-state index contributed by atoms with van der Waals surface area (Å²) in [7, 11) is 1.73. The Kier molecular flexibility index (Phi) is 3.62. The van der Waals surface area contributed by atoms with Crippen molar-refractivity contribution >= 4 is 5.97 Å². The fourth-order valence-electron chi connectivity index (χ4n) is 3.05. The molecule has 0 saturated carbocycles. The summed E-state index contributed by atoms with van der Waals surface area (Å²) in [5, 5.41) is 12.3. The quantitative estimate of drug-likeness (QED) is 0.894. The lowest BCUT2D eigenvalue weighted by molar-refractivity contribution is -0.141. The summed E-state index contributed by atoms with van der Waals surface area (Å²) in [5.74, 6) is -1.08. The van der Waals surface area contributed by atoms with Gasteiger partial charge in [0, 0.05) is 31.5 Å². The number of aryl methyl sites for hydroxylation is 2. The van der Waals surface area contributed by atoms with Gasteiger partial charge in [-0.25, -0.2) is 4.79 Å². The van der Waals surface area contributed by atoms with Gasteiger partial charge in [-0.3, -0.25) is 9.36 Å². The fourth-order valence-corrected chi connectivity index (χ4v) is 3.05. The van der Waals surface area contributed by atoms with Crippen molar-refractivity contribution in [3.8, 4) is 5.69 Å². The Morgan fingerprint density at radius 2 is 2.00 bits per heavy atom. The third-order valence-corrected chi connectivity index (χ3v) is 4.26. The molecule has 1 aliphatic rings. The van der Waals surface area contributed by atoms with Gasteiger partial charge < -0.3 is 15.0 Å². The number of imidazole rings is 1. The number of carboxylic acids is 1. The molecule has 6 nitrogen and oxygen atoms in total. The van der Waals surface area contributed by atoms with Crippen LogP contribution in [0.4, 0.5) is 0 Å². The Labute approximate surface area is 128 Å². The highest BCUT2D eigenvalue weighted by molar-refractivity contribution is 5.70. The molecule has 0 aliphatic carbocycles. The van der Waals surface area contributed by atoms with Gasteiger partial charge in [0.2, 0.25) is 0 Å². The summed E-state index contributed by atoms with van der Waals surface area (Å²) in [6.07, 6.45) is 2.39. The average Bonchev–Trinajstić information content (AvgIpc) is 3.06. The average molecular weight is 301 g/mol. The van der Waals surface area contributed by atoms with Crippen molar-refractivity contribution in [2.45, 2.75) is 19.4 Å². The van der Waals surface area contributed by atoms with Crippen LogP contribution in [0.3, 0.4) is 0 Å². The second kappa shape index (κ2) is 5.46. The highest BCUT2D eigenvalue weighted by Crippen LogP contribution is 2.27. The molecule has 6 heteroatoms. The van der Waals surface area contributed by atoms with Crippen molar-refractivity contribution in [1.82, 2.24) is 14.5 Å². The molecule has 1 saturated heterocycles. The zero-order chi connectivity index (χ0) is 15.9. The molecule has 1 aromatic heterocycles. The first-order chi connectivity index (χ1) is 10.5. The molecule has 22 heavy (non-hydrogen) atoms. The van der Waals surface area contributed by atoms with Gasteiger partial charge in [0.1, 0.15) is 0 Å². The Bertz CT molecular complexity index is 758. The molecular formula is C16H19N3O3. The lowest BCUT2D eigenvalue weighted by Gasteiger charge is -2.12. The highest BCUT2D eigenvalue weighted by atomic mass is 16.4. The molecule has 0 radical (unpaired) electrons. The summed E-state index contributed by atoms with van der Waals surface area (Å²) < 4.78 is 3.21. The van der Waals surface area contributed by atoms with Crippen LogP contribution >= 0.6 is 0 Å². The summed E-state index contributed by atoms with van der Waals surface area (Å²) in [4.78, 5) is 23.1. The minimum Gasteiger partial charge on any atom is -0.481 e. The van der Waals surface area contributed by atoms with Crippen LogP contribution in [-0.4, -0.2) is 26.8 Å². The van der Waals surface area contributed by atoms with Crippen LogP contribution in [0, 0.1) is 12.8 Å². The van der Waals surface area contributed by atoms with E-state index in [1.165, 1.54) is 0 Å². The smallest absolute Gasteiger partial charge is 0.332 e. The lowest BCUT2D eigenvalue weighted by atomic mass is 10.00. The van der Waals surface area contributed by atoms with E-state index in [0.717, 1.165) is 16.9 Å². The fraction of sp³-hybridized carbons (Fsp3) is 0.375. The van der Waals surface area contributed by atoms with Gasteiger partial charge in [0.25, 0.3) is 0 Å². The van der Waals surface area contributed by atoms with E-state index < -0.39 is 5.97 Å². The standard InChI is InChI=1S/C16H19N3O3/c1-10-9-18(2)16(22)19(10)13-5-3-11(4-6-13)14-7-12(8-17-14)15(20)21/h3-6,9,12,14,17H,7-8H2,1-2H3,(H,20,21). The first-order valence-electron chi connectivity index (χ1n) is 7.29. The predicted molar refractivity (Wildman–Crippen MR) is 82.2 cm³/mol. The number of carbonyl (C=O) groups is 1. The van der Waals surface area contributed by atoms with Crippen molar-refractivity contribution in [3.63, 3.8) is 0 Å². The molecule has 2 atom stereocenters. The van der Waals surface area contributed by atoms with Crippen molar-refractivity contribution in [1.29, 1.82) is 0 Å². The molecule has 1 fully saturated rings. The van der Waals surface area contributed by atoms with Crippen LogP contribution in [0.1, 0.15) is 23.7 Å². The molecule has 1 aliphatic heterocycles. The maximum absolute atomic E-state index is 12.1. The SMILES string of the molecule is Cc1cn(C)c(=O)n1-c1ccc(C2CC(C(=O)O)CN2)cc1. The van der Waals surface area contributed by atoms with Gasteiger partial charge in [-0.05, 0) is 31.0 Å². The zero-order valence-corrected chi connectivity index (χ0v) is 12.6. The minimum absolute atomic E-state index is 0.0590. The third-order valence-electron chi connectivity index (χ3n) is 4.26. The number of hydrogen-bond donors (Lipinski definition) is 2. The van der Waals surface area contributed by atoms with Crippen molar-refractivity contribution in [2.24, 2.45) is 13.0 Å². The van der Waals surface area contributed by atoms with E-state index in [1.54, 1.807) is 22.4 Å². The van der Waals surface area contributed by atoms with Crippen LogP contribution in [0.5, 0.6) is 0 Å². The first kappa shape index (κ1) is 14.6. The van der Waals surface area contributed by atoms with Crippen molar-refractivity contribution in [3.05, 3.63) is 52.2 Å². The number of hydrogen-bond acceptors (Lipinski definition) is 3. The molecule has 2 N–H and O–H groups in total. The maximum atomic E-state index is 12.1. The second-order valence-electron chi connectivity index (χ2n) is 5.82. The molecule has 2 aromatic rings. The lowest BCUT2D eigenvalue weighted by Crippen LogP contribution is -2.21. The van der Waals surface area contributed by atoms with Crippen LogP contribution in [0.25, 0.3) is 5.69 Å². The maximum Gasteiger partial charge on any atom is 0.332 e. The molecular weight excluding hydrogens is 282 g/mol. The molecule has 2 unspecified atom stereocenters. The van der Waals surface area contributed by atoms with Crippen LogP contribution in [0.2, 0.25) is 0 Å². The van der Waals surface area contributed by atoms with Gasteiger partial charge >= 0.3 is 11.7 Å². The normalized spacial score (nSPS) is 21.2. The van der Waals surface area contributed by atoms with E-state index in [2.05, 4.69) is 5.32 Å². The third kappa shape index (κ3) is 2.46. The van der Waals surface area contributed by atoms with Gasteiger partial charge in [0.15, 0.2) is 0 Å². The number of rotatable bonds is 3.